The van der Waals surface area contributed by atoms with E-state index in [1.165, 1.54) is 11.8 Å². The maximum absolute atomic E-state index is 11.6. The first-order valence-corrected chi connectivity index (χ1v) is 5.65. The van der Waals surface area contributed by atoms with Crippen LogP contribution in [0.3, 0.4) is 0 Å². The molecule has 2 aromatic rings. The van der Waals surface area contributed by atoms with Crippen molar-refractivity contribution in [1.82, 2.24) is 25.1 Å². The second-order valence-corrected chi connectivity index (χ2v) is 3.80. The summed E-state index contributed by atoms with van der Waals surface area (Å²) in [6.07, 6.45) is 0.453. The molecule has 0 radical (unpaired) electrons. The number of nitrogens with two attached hydrogens (primary N) is 1. The molecule has 2 aromatic heterocycles. The normalized spacial score (nSPS) is 10.7. The van der Waals surface area contributed by atoms with Crippen molar-refractivity contribution in [2.45, 2.75) is 19.9 Å². The van der Waals surface area contributed by atoms with Crippen LogP contribution in [-0.4, -0.2) is 44.8 Å². The quantitative estimate of drug-likeness (QED) is 0.705. The Morgan fingerprint density at radius 2 is 2.32 bits per heavy atom. The van der Waals surface area contributed by atoms with Crippen LogP contribution in [0.2, 0.25) is 0 Å². The van der Waals surface area contributed by atoms with Gasteiger partial charge in [-0.3, -0.25) is 0 Å². The molecule has 19 heavy (non-hydrogen) atoms. The van der Waals surface area contributed by atoms with Gasteiger partial charge >= 0.3 is 5.97 Å². The molecule has 0 spiro atoms. The highest BCUT2D eigenvalue weighted by Crippen LogP contribution is 2.09. The van der Waals surface area contributed by atoms with Crippen LogP contribution in [0.15, 0.2) is 4.52 Å². The predicted molar refractivity (Wildman–Crippen MR) is 62.3 cm³/mol. The molecule has 0 aliphatic rings. The van der Waals surface area contributed by atoms with Crippen molar-refractivity contribution in [3.05, 3.63) is 23.1 Å². The van der Waals surface area contributed by atoms with Crippen LogP contribution < -0.4 is 5.73 Å². The Hall–Kier alpha value is -2.29. The maximum atomic E-state index is 11.6. The summed E-state index contributed by atoms with van der Waals surface area (Å²) in [6, 6.07) is 0. The van der Waals surface area contributed by atoms with Gasteiger partial charge in [0.1, 0.15) is 6.54 Å². The van der Waals surface area contributed by atoms with Crippen molar-refractivity contribution in [2.24, 2.45) is 5.73 Å². The van der Waals surface area contributed by atoms with E-state index in [9.17, 15) is 4.79 Å². The van der Waals surface area contributed by atoms with Gasteiger partial charge in [0.05, 0.1) is 12.8 Å². The van der Waals surface area contributed by atoms with Gasteiger partial charge in [-0.05, 0) is 6.54 Å². The topological polar surface area (TPSA) is 122 Å². The molecule has 9 nitrogen and oxygen atoms in total. The molecule has 2 heterocycles. The maximum Gasteiger partial charge on any atom is 0.360 e. The van der Waals surface area contributed by atoms with E-state index in [2.05, 4.69) is 25.2 Å². The summed E-state index contributed by atoms with van der Waals surface area (Å²) in [5.41, 5.74) is 6.28. The van der Waals surface area contributed by atoms with Crippen LogP contribution in [0.25, 0.3) is 0 Å². The van der Waals surface area contributed by atoms with E-state index < -0.39 is 5.97 Å². The van der Waals surface area contributed by atoms with Crippen molar-refractivity contribution in [1.29, 1.82) is 0 Å². The summed E-state index contributed by atoms with van der Waals surface area (Å²) in [6.45, 7) is 2.32. The van der Waals surface area contributed by atoms with Gasteiger partial charge in [0.25, 0.3) is 0 Å². The molecule has 0 bridgehead atoms. The highest BCUT2D eigenvalue weighted by Gasteiger charge is 2.20. The lowest BCUT2D eigenvalue weighted by molar-refractivity contribution is 0.0592. The van der Waals surface area contributed by atoms with E-state index in [-0.39, 0.29) is 12.2 Å². The van der Waals surface area contributed by atoms with Crippen molar-refractivity contribution in [3.8, 4) is 0 Å². The summed E-state index contributed by atoms with van der Waals surface area (Å²) in [7, 11) is 1.29. The van der Waals surface area contributed by atoms with Crippen LogP contribution in [-0.2, 0) is 17.7 Å². The van der Waals surface area contributed by atoms with Crippen LogP contribution in [0.4, 0.5) is 0 Å². The van der Waals surface area contributed by atoms with Crippen molar-refractivity contribution in [2.75, 3.05) is 13.7 Å². The first-order chi connectivity index (χ1) is 9.15. The third-order valence-corrected chi connectivity index (χ3v) is 2.46. The van der Waals surface area contributed by atoms with Crippen molar-refractivity contribution >= 4 is 5.97 Å². The van der Waals surface area contributed by atoms with Gasteiger partial charge in [-0.25, -0.2) is 9.48 Å². The van der Waals surface area contributed by atoms with Gasteiger partial charge in [-0.2, -0.15) is 4.98 Å². The van der Waals surface area contributed by atoms with E-state index in [4.69, 9.17) is 10.3 Å². The lowest BCUT2D eigenvalue weighted by atomic mass is 10.2. The monoisotopic (exact) mass is 266 g/mol. The standard InChI is InChI=1S/C10H14N6O3/c1-6-12-8(14-19-6)5-16-7(3-4-11)9(13-15-16)10(17)18-2/h3-5,11H2,1-2H3. The Bertz CT molecular complexity index is 576. The molecular formula is C10H14N6O3. The zero-order chi connectivity index (χ0) is 13.8. The number of hydrogen-bond donors (Lipinski definition) is 1. The minimum absolute atomic E-state index is 0.160. The summed E-state index contributed by atoms with van der Waals surface area (Å²) in [5, 5.41) is 11.5. The zero-order valence-electron chi connectivity index (χ0n) is 10.7. The molecule has 0 fully saturated rings. The van der Waals surface area contributed by atoms with E-state index in [0.29, 0.717) is 30.4 Å². The number of rotatable bonds is 5. The van der Waals surface area contributed by atoms with E-state index in [0.717, 1.165) is 0 Å². The molecule has 102 valence electrons. The Morgan fingerprint density at radius 3 is 2.89 bits per heavy atom. The number of nitrogens with zero attached hydrogens (tertiary/aromatic N) is 5. The first-order valence-electron chi connectivity index (χ1n) is 5.65. The highest BCUT2D eigenvalue weighted by molar-refractivity contribution is 5.88. The Kier molecular flexibility index (Phi) is 3.85. The third-order valence-electron chi connectivity index (χ3n) is 2.46. The number of aryl methyl sites for hydroxylation is 1. The lowest BCUT2D eigenvalue weighted by Gasteiger charge is -2.03. The fraction of sp³-hybridized carbons (Fsp3) is 0.500. The molecule has 0 aromatic carbocycles. The van der Waals surface area contributed by atoms with Crippen LogP contribution >= 0.6 is 0 Å². The minimum atomic E-state index is -0.543. The van der Waals surface area contributed by atoms with Gasteiger partial charge in [-0.15, -0.1) is 5.10 Å². The first kappa shape index (κ1) is 13.1. The van der Waals surface area contributed by atoms with Crippen LogP contribution in [0, 0.1) is 6.92 Å². The van der Waals surface area contributed by atoms with Gasteiger partial charge < -0.3 is 15.0 Å². The Labute approximate surface area is 108 Å². The number of ether oxygens (including phenoxy) is 1. The summed E-state index contributed by atoms with van der Waals surface area (Å²) in [4.78, 5) is 15.6. The SMILES string of the molecule is COC(=O)c1nnn(Cc2noc(C)n2)c1CCN. The van der Waals surface area contributed by atoms with E-state index in [1.807, 2.05) is 0 Å². The number of aromatic nitrogens is 5. The largest absolute Gasteiger partial charge is 0.464 e. The predicted octanol–water partition coefficient (Wildman–Crippen LogP) is -0.694. The molecule has 0 saturated heterocycles. The molecule has 0 aliphatic carbocycles. The summed E-state index contributed by atoms with van der Waals surface area (Å²) < 4.78 is 11.0. The summed E-state index contributed by atoms with van der Waals surface area (Å²) in [5.74, 6) is 0.375. The minimum Gasteiger partial charge on any atom is -0.464 e. The smallest absolute Gasteiger partial charge is 0.360 e. The van der Waals surface area contributed by atoms with Gasteiger partial charge in [0.2, 0.25) is 5.89 Å². The fourth-order valence-corrected chi connectivity index (χ4v) is 1.64. The van der Waals surface area contributed by atoms with Crippen LogP contribution in [0.1, 0.15) is 27.9 Å². The van der Waals surface area contributed by atoms with Gasteiger partial charge in [-0.1, -0.05) is 10.4 Å². The second-order valence-electron chi connectivity index (χ2n) is 3.80. The summed E-state index contributed by atoms with van der Waals surface area (Å²) >= 11 is 0. The molecule has 0 unspecified atom stereocenters. The van der Waals surface area contributed by atoms with Gasteiger partial charge in [0, 0.05) is 13.3 Å². The van der Waals surface area contributed by atoms with Crippen molar-refractivity contribution in [3.63, 3.8) is 0 Å². The second kappa shape index (κ2) is 5.57. The fourth-order valence-electron chi connectivity index (χ4n) is 1.64. The van der Waals surface area contributed by atoms with Crippen molar-refractivity contribution < 1.29 is 14.1 Å². The molecule has 0 amide bonds. The number of hydrogen-bond acceptors (Lipinski definition) is 8. The molecule has 9 heteroatoms. The highest BCUT2D eigenvalue weighted by atomic mass is 16.5. The zero-order valence-corrected chi connectivity index (χ0v) is 10.7. The van der Waals surface area contributed by atoms with Crippen LogP contribution in [0.5, 0.6) is 0 Å². The molecule has 0 saturated carbocycles. The van der Waals surface area contributed by atoms with E-state index >= 15 is 0 Å². The molecule has 0 atom stereocenters. The number of esters is 1. The number of carbonyl (C=O) groups is 1. The number of methoxy groups -OCH3 is 1. The molecule has 2 N–H and O–H groups in total. The lowest BCUT2D eigenvalue weighted by Crippen LogP contribution is -2.15. The third kappa shape index (κ3) is 2.76. The molecule has 2 rings (SSSR count). The van der Waals surface area contributed by atoms with E-state index in [1.54, 1.807) is 6.92 Å². The Balaban J connectivity index is 2.29. The molecule has 0 aliphatic heterocycles. The molecular weight excluding hydrogens is 252 g/mol. The Morgan fingerprint density at radius 1 is 1.53 bits per heavy atom. The van der Waals surface area contributed by atoms with Gasteiger partial charge in [0.15, 0.2) is 11.5 Å². The average Bonchev–Trinajstić information content (AvgIpc) is 2.97. The number of carbonyl (C=O) groups excluding carboxylic acids is 1. The average molecular weight is 266 g/mol.